The molecule has 0 fully saturated rings. The molecule has 0 aliphatic rings. The van der Waals surface area contributed by atoms with Crippen molar-refractivity contribution in [3.8, 4) is 0 Å². The van der Waals surface area contributed by atoms with Crippen LogP contribution >= 0.6 is 0 Å². The molecule has 3 heteroatoms. The van der Waals surface area contributed by atoms with Crippen LogP contribution in [-0.2, 0) is 11.3 Å². The van der Waals surface area contributed by atoms with Crippen molar-refractivity contribution in [3.63, 3.8) is 0 Å². The summed E-state index contributed by atoms with van der Waals surface area (Å²) >= 11 is 0. The average molecular weight is 373 g/mol. The van der Waals surface area contributed by atoms with Gasteiger partial charge in [0.1, 0.15) is 6.10 Å². The Morgan fingerprint density at radius 2 is 1.29 bits per heavy atom. The van der Waals surface area contributed by atoms with E-state index in [1.807, 2.05) is 66.7 Å². The topological polar surface area (TPSA) is 40.5 Å². The van der Waals surface area contributed by atoms with E-state index in [-0.39, 0.29) is 11.8 Å². The van der Waals surface area contributed by atoms with Crippen LogP contribution in [0.3, 0.4) is 0 Å². The molecule has 0 unspecified atom stereocenters. The zero-order valence-corrected chi connectivity index (χ0v) is 16.4. The predicted octanol–water partition coefficient (Wildman–Crippen LogP) is 4.94. The van der Waals surface area contributed by atoms with Crippen LogP contribution in [0.5, 0.6) is 0 Å². The highest BCUT2D eigenvalue weighted by Gasteiger charge is 2.33. The molecular formula is C25H27NO2. The summed E-state index contributed by atoms with van der Waals surface area (Å²) in [6.07, 6.45) is -1.10. The van der Waals surface area contributed by atoms with Crippen molar-refractivity contribution < 1.29 is 9.90 Å². The van der Waals surface area contributed by atoms with Gasteiger partial charge in [0, 0.05) is 12.6 Å². The van der Waals surface area contributed by atoms with Gasteiger partial charge in [-0.25, -0.2) is 0 Å². The van der Waals surface area contributed by atoms with E-state index < -0.39 is 12.1 Å². The minimum Gasteiger partial charge on any atom is -0.383 e. The molecule has 0 heterocycles. The van der Waals surface area contributed by atoms with Crippen LogP contribution in [0.25, 0.3) is 0 Å². The summed E-state index contributed by atoms with van der Waals surface area (Å²) in [5, 5.41) is 10.9. The van der Waals surface area contributed by atoms with Gasteiger partial charge in [0.15, 0.2) is 5.78 Å². The van der Waals surface area contributed by atoms with Gasteiger partial charge in [-0.2, -0.15) is 0 Å². The van der Waals surface area contributed by atoms with Crippen LogP contribution in [0.4, 0.5) is 0 Å². The largest absolute Gasteiger partial charge is 0.383 e. The van der Waals surface area contributed by atoms with Gasteiger partial charge in [-0.05, 0) is 30.5 Å². The third-order valence-electron chi connectivity index (χ3n) is 5.20. The van der Waals surface area contributed by atoms with Crippen molar-refractivity contribution in [2.75, 3.05) is 0 Å². The maximum Gasteiger partial charge on any atom is 0.160 e. The highest BCUT2D eigenvalue weighted by Crippen LogP contribution is 2.34. The van der Waals surface area contributed by atoms with Crippen LogP contribution in [0, 0.1) is 0 Å². The average Bonchev–Trinajstić information content (AvgIpc) is 2.74. The molecule has 144 valence electrons. The van der Waals surface area contributed by atoms with Crippen molar-refractivity contribution in [1.82, 2.24) is 4.90 Å². The third-order valence-corrected chi connectivity index (χ3v) is 5.20. The number of hydrogen-bond acceptors (Lipinski definition) is 3. The summed E-state index contributed by atoms with van der Waals surface area (Å²) in [6, 6.07) is 29.8. The Morgan fingerprint density at radius 3 is 1.79 bits per heavy atom. The fourth-order valence-electron chi connectivity index (χ4n) is 3.62. The van der Waals surface area contributed by atoms with E-state index in [4.69, 9.17) is 0 Å². The molecule has 0 radical (unpaired) electrons. The molecule has 0 saturated carbocycles. The van der Waals surface area contributed by atoms with Gasteiger partial charge < -0.3 is 5.11 Å². The summed E-state index contributed by atoms with van der Waals surface area (Å²) in [5.41, 5.74) is 3.22. The lowest BCUT2D eigenvalue weighted by atomic mass is 9.93. The number of aliphatic hydroxyl groups excluding tert-OH is 1. The number of hydrogen-bond donors (Lipinski definition) is 1. The molecule has 3 atom stereocenters. The van der Waals surface area contributed by atoms with E-state index in [0.29, 0.717) is 6.54 Å². The van der Waals surface area contributed by atoms with Gasteiger partial charge >= 0.3 is 0 Å². The molecule has 0 aromatic heterocycles. The lowest BCUT2D eigenvalue weighted by molar-refractivity contribution is -0.129. The van der Waals surface area contributed by atoms with Crippen LogP contribution in [0.15, 0.2) is 91.0 Å². The SMILES string of the molecule is CC(=O)[C@@H](O)[C@H](c1ccccc1)N(Cc1ccccc1)[C@@H](C)c1ccccc1. The van der Waals surface area contributed by atoms with Crippen molar-refractivity contribution in [2.45, 2.75) is 38.6 Å². The van der Waals surface area contributed by atoms with E-state index in [9.17, 15) is 9.90 Å². The Hall–Kier alpha value is -2.75. The molecule has 0 bridgehead atoms. The maximum absolute atomic E-state index is 12.2. The molecule has 0 spiro atoms. The highest BCUT2D eigenvalue weighted by molar-refractivity contribution is 5.81. The van der Waals surface area contributed by atoms with E-state index in [0.717, 1.165) is 16.7 Å². The first kappa shape index (κ1) is 20.0. The monoisotopic (exact) mass is 373 g/mol. The van der Waals surface area contributed by atoms with Crippen molar-refractivity contribution in [3.05, 3.63) is 108 Å². The number of ketones is 1. The standard InChI is InChI=1S/C25H27NO2/c1-19(22-14-8-4-9-15-22)26(18-21-12-6-3-7-13-21)24(25(28)20(2)27)23-16-10-5-11-17-23/h3-17,19,24-25,28H,18H2,1-2H3/t19-,24-,25+/m0/s1. The molecule has 3 rings (SSSR count). The first-order chi connectivity index (χ1) is 13.6. The number of nitrogens with zero attached hydrogens (tertiary/aromatic N) is 1. The fourth-order valence-corrected chi connectivity index (χ4v) is 3.62. The summed E-state index contributed by atoms with van der Waals surface area (Å²) in [4.78, 5) is 14.4. The minimum atomic E-state index is -1.10. The fraction of sp³-hybridized carbons (Fsp3) is 0.240. The molecule has 3 aromatic rings. The van der Waals surface area contributed by atoms with Crippen molar-refractivity contribution in [2.24, 2.45) is 0 Å². The molecule has 3 nitrogen and oxygen atoms in total. The Balaban J connectivity index is 2.06. The summed E-state index contributed by atoms with van der Waals surface area (Å²) in [6.45, 7) is 4.20. The van der Waals surface area contributed by atoms with Gasteiger partial charge in [-0.15, -0.1) is 0 Å². The number of aliphatic hydroxyl groups is 1. The van der Waals surface area contributed by atoms with Crippen LogP contribution < -0.4 is 0 Å². The molecule has 0 saturated heterocycles. The summed E-state index contributed by atoms with van der Waals surface area (Å²) < 4.78 is 0. The smallest absolute Gasteiger partial charge is 0.160 e. The number of Topliss-reactive ketones (excluding diaryl/α,β-unsaturated/α-hetero) is 1. The number of rotatable bonds is 8. The third kappa shape index (κ3) is 4.75. The second-order valence-electron chi connectivity index (χ2n) is 7.16. The highest BCUT2D eigenvalue weighted by atomic mass is 16.3. The van der Waals surface area contributed by atoms with Crippen LogP contribution in [-0.4, -0.2) is 21.9 Å². The quantitative estimate of drug-likeness (QED) is 0.608. The van der Waals surface area contributed by atoms with Crippen molar-refractivity contribution >= 4 is 5.78 Å². The molecule has 0 aliphatic heterocycles. The summed E-state index contributed by atoms with van der Waals surface area (Å²) in [5.74, 6) is -0.229. The van der Waals surface area contributed by atoms with Crippen LogP contribution in [0.1, 0.15) is 42.6 Å². The maximum atomic E-state index is 12.2. The zero-order valence-electron chi connectivity index (χ0n) is 16.4. The molecule has 3 aromatic carbocycles. The molecule has 0 amide bonds. The van der Waals surface area contributed by atoms with Crippen LogP contribution in [0.2, 0.25) is 0 Å². The first-order valence-electron chi connectivity index (χ1n) is 9.66. The normalized spacial score (nSPS) is 14.4. The van der Waals surface area contributed by atoms with Gasteiger partial charge in [0.25, 0.3) is 0 Å². The van der Waals surface area contributed by atoms with E-state index in [2.05, 4.69) is 36.1 Å². The first-order valence-corrected chi connectivity index (χ1v) is 9.66. The van der Waals surface area contributed by atoms with E-state index >= 15 is 0 Å². The number of benzene rings is 3. The van der Waals surface area contributed by atoms with Gasteiger partial charge in [0.2, 0.25) is 0 Å². The Kier molecular flexibility index (Phi) is 6.75. The van der Waals surface area contributed by atoms with Gasteiger partial charge in [-0.3, -0.25) is 9.69 Å². The lowest BCUT2D eigenvalue weighted by Crippen LogP contribution is -2.41. The number of carbonyl (C=O) groups is 1. The predicted molar refractivity (Wildman–Crippen MR) is 113 cm³/mol. The lowest BCUT2D eigenvalue weighted by Gasteiger charge is -2.39. The van der Waals surface area contributed by atoms with E-state index in [1.165, 1.54) is 6.92 Å². The molecule has 0 aliphatic carbocycles. The molecule has 1 N–H and O–H groups in total. The zero-order chi connectivity index (χ0) is 19.9. The minimum absolute atomic E-state index is 0.0145. The van der Waals surface area contributed by atoms with Crippen molar-refractivity contribution in [1.29, 1.82) is 0 Å². The Morgan fingerprint density at radius 1 is 0.821 bits per heavy atom. The second-order valence-corrected chi connectivity index (χ2v) is 7.16. The summed E-state index contributed by atoms with van der Waals surface area (Å²) in [7, 11) is 0. The second kappa shape index (κ2) is 9.45. The molecular weight excluding hydrogens is 346 g/mol. The number of carbonyl (C=O) groups excluding carboxylic acids is 1. The molecule has 28 heavy (non-hydrogen) atoms. The Labute approximate surface area is 167 Å². The van der Waals surface area contributed by atoms with Gasteiger partial charge in [0.05, 0.1) is 6.04 Å². The van der Waals surface area contributed by atoms with Gasteiger partial charge in [-0.1, -0.05) is 91.0 Å². The Bertz CT molecular complexity index is 865. The van der Waals surface area contributed by atoms with E-state index in [1.54, 1.807) is 0 Å².